The average molecular weight is 231 g/mol. The summed E-state index contributed by atoms with van der Waals surface area (Å²) >= 11 is 0. The van der Waals surface area contributed by atoms with Crippen LogP contribution < -0.4 is 10.1 Å². The van der Waals surface area contributed by atoms with Crippen LogP contribution >= 0.6 is 0 Å². The van der Waals surface area contributed by atoms with E-state index in [1.165, 1.54) is 6.26 Å². The first kappa shape index (κ1) is 11.3. The second-order valence-corrected chi connectivity index (χ2v) is 3.58. The van der Waals surface area contributed by atoms with Gasteiger partial charge >= 0.3 is 0 Å². The van der Waals surface area contributed by atoms with E-state index in [1.807, 2.05) is 12.1 Å². The van der Waals surface area contributed by atoms with Gasteiger partial charge in [0, 0.05) is 11.8 Å². The Balaban J connectivity index is 2.16. The van der Waals surface area contributed by atoms with Crippen molar-refractivity contribution in [3.05, 3.63) is 47.9 Å². The van der Waals surface area contributed by atoms with Crippen LogP contribution in [0.2, 0.25) is 0 Å². The summed E-state index contributed by atoms with van der Waals surface area (Å²) in [6.45, 7) is 1.75. The molecule has 1 amide bonds. The number of aryl methyl sites for hydroxylation is 1. The third-order valence-corrected chi connectivity index (χ3v) is 2.43. The van der Waals surface area contributed by atoms with Crippen LogP contribution in [0.3, 0.4) is 0 Å². The van der Waals surface area contributed by atoms with Crippen molar-refractivity contribution in [1.29, 1.82) is 0 Å². The molecule has 0 fully saturated rings. The lowest BCUT2D eigenvalue weighted by molar-refractivity contribution is 0.102. The summed E-state index contributed by atoms with van der Waals surface area (Å²) in [5.74, 6) is 1.11. The number of methoxy groups -OCH3 is 1. The maximum absolute atomic E-state index is 11.9. The minimum Gasteiger partial charge on any atom is -0.497 e. The van der Waals surface area contributed by atoms with Gasteiger partial charge in [-0.1, -0.05) is 6.07 Å². The lowest BCUT2D eigenvalue weighted by Gasteiger charge is -2.06. The topological polar surface area (TPSA) is 51.5 Å². The molecule has 0 saturated heterocycles. The van der Waals surface area contributed by atoms with Crippen LogP contribution in [0.15, 0.2) is 41.0 Å². The SMILES string of the molecule is COc1cccc(NC(=O)c2ccoc2C)c1. The molecular weight excluding hydrogens is 218 g/mol. The molecule has 4 nitrogen and oxygen atoms in total. The van der Waals surface area contributed by atoms with Gasteiger partial charge in [-0.05, 0) is 25.1 Å². The predicted molar refractivity (Wildman–Crippen MR) is 64.4 cm³/mol. The minimum atomic E-state index is -0.190. The number of hydrogen-bond donors (Lipinski definition) is 1. The monoisotopic (exact) mass is 231 g/mol. The van der Waals surface area contributed by atoms with Crippen molar-refractivity contribution >= 4 is 11.6 Å². The summed E-state index contributed by atoms with van der Waals surface area (Å²) in [6, 6.07) is 8.84. The van der Waals surface area contributed by atoms with Gasteiger partial charge in [0.1, 0.15) is 11.5 Å². The van der Waals surface area contributed by atoms with Crippen LogP contribution in [-0.4, -0.2) is 13.0 Å². The Bertz CT molecular complexity index is 531. The highest BCUT2D eigenvalue weighted by Crippen LogP contribution is 2.18. The predicted octanol–water partition coefficient (Wildman–Crippen LogP) is 2.85. The van der Waals surface area contributed by atoms with Gasteiger partial charge in [0.15, 0.2) is 0 Å². The molecule has 2 rings (SSSR count). The summed E-state index contributed by atoms with van der Waals surface area (Å²) in [4.78, 5) is 11.9. The van der Waals surface area contributed by atoms with E-state index >= 15 is 0 Å². The average Bonchev–Trinajstić information content (AvgIpc) is 2.76. The fourth-order valence-electron chi connectivity index (χ4n) is 1.52. The Morgan fingerprint density at radius 2 is 2.18 bits per heavy atom. The van der Waals surface area contributed by atoms with Crippen LogP contribution in [0, 0.1) is 6.92 Å². The molecule has 0 aliphatic rings. The third-order valence-electron chi connectivity index (χ3n) is 2.43. The summed E-state index contributed by atoms with van der Waals surface area (Å²) in [6.07, 6.45) is 1.50. The van der Waals surface area contributed by atoms with E-state index in [0.717, 1.165) is 0 Å². The van der Waals surface area contributed by atoms with Gasteiger partial charge in [-0.25, -0.2) is 0 Å². The van der Waals surface area contributed by atoms with E-state index < -0.39 is 0 Å². The quantitative estimate of drug-likeness (QED) is 0.883. The van der Waals surface area contributed by atoms with E-state index in [0.29, 0.717) is 22.8 Å². The molecule has 0 radical (unpaired) electrons. The molecule has 0 atom stereocenters. The number of carbonyl (C=O) groups is 1. The van der Waals surface area contributed by atoms with E-state index in [2.05, 4.69) is 5.32 Å². The van der Waals surface area contributed by atoms with E-state index in [1.54, 1.807) is 32.2 Å². The standard InChI is InChI=1S/C13H13NO3/c1-9-12(6-7-17-9)13(15)14-10-4-3-5-11(8-10)16-2/h3-8H,1-2H3,(H,14,15). The fourth-order valence-corrected chi connectivity index (χ4v) is 1.52. The first-order valence-corrected chi connectivity index (χ1v) is 5.20. The number of nitrogens with one attached hydrogen (secondary N) is 1. The highest BCUT2D eigenvalue weighted by Gasteiger charge is 2.11. The minimum absolute atomic E-state index is 0.190. The number of amides is 1. The Morgan fingerprint density at radius 1 is 1.35 bits per heavy atom. The third kappa shape index (κ3) is 2.47. The van der Waals surface area contributed by atoms with E-state index in [4.69, 9.17) is 9.15 Å². The number of hydrogen-bond acceptors (Lipinski definition) is 3. The van der Waals surface area contributed by atoms with Crippen LogP contribution in [0.25, 0.3) is 0 Å². The molecule has 88 valence electrons. The second kappa shape index (κ2) is 4.74. The number of carbonyl (C=O) groups excluding carboxylic acids is 1. The fraction of sp³-hybridized carbons (Fsp3) is 0.154. The Kier molecular flexibility index (Phi) is 3.14. The Labute approximate surface area is 99.2 Å². The molecule has 0 aliphatic heterocycles. The molecule has 0 aliphatic carbocycles. The maximum atomic E-state index is 11.9. The zero-order valence-electron chi connectivity index (χ0n) is 9.69. The second-order valence-electron chi connectivity index (χ2n) is 3.58. The first-order valence-electron chi connectivity index (χ1n) is 5.20. The van der Waals surface area contributed by atoms with Gasteiger partial charge in [-0.3, -0.25) is 4.79 Å². The zero-order valence-corrected chi connectivity index (χ0v) is 9.69. The van der Waals surface area contributed by atoms with Crippen LogP contribution in [0.4, 0.5) is 5.69 Å². The highest BCUT2D eigenvalue weighted by atomic mass is 16.5. The largest absolute Gasteiger partial charge is 0.497 e. The van der Waals surface area contributed by atoms with E-state index in [9.17, 15) is 4.79 Å². The van der Waals surface area contributed by atoms with Gasteiger partial charge in [0.2, 0.25) is 0 Å². The van der Waals surface area contributed by atoms with Crippen molar-refractivity contribution in [3.8, 4) is 5.75 Å². The lowest BCUT2D eigenvalue weighted by Crippen LogP contribution is -2.11. The van der Waals surface area contributed by atoms with Crippen molar-refractivity contribution in [2.75, 3.05) is 12.4 Å². The molecule has 2 aromatic rings. The number of benzene rings is 1. The van der Waals surface area contributed by atoms with Crippen molar-refractivity contribution in [1.82, 2.24) is 0 Å². The normalized spacial score (nSPS) is 10.0. The Hall–Kier alpha value is -2.23. The molecule has 4 heteroatoms. The summed E-state index contributed by atoms with van der Waals surface area (Å²) < 4.78 is 10.2. The van der Waals surface area contributed by atoms with Gasteiger partial charge < -0.3 is 14.5 Å². The van der Waals surface area contributed by atoms with E-state index in [-0.39, 0.29) is 5.91 Å². The smallest absolute Gasteiger partial charge is 0.259 e. The first-order chi connectivity index (χ1) is 8.20. The molecular formula is C13H13NO3. The molecule has 0 spiro atoms. The summed E-state index contributed by atoms with van der Waals surface area (Å²) in [5.41, 5.74) is 1.22. The van der Waals surface area contributed by atoms with Gasteiger partial charge in [-0.2, -0.15) is 0 Å². The van der Waals surface area contributed by atoms with Gasteiger partial charge in [0.05, 0.1) is 18.9 Å². The molecule has 1 aromatic heterocycles. The lowest BCUT2D eigenvalue weighted by atomic mass is 10.2. The van der Waals surface area contributed by atoms with Crippen LogP contribution in [0.5, 0.6) is 5.75 Å². The van der Waals surface area contributed by atoms with Crippen molar-refractivity contribution < 1.29 is 13.9 Å². The molecule has 17 heavy (non-hydrogen) atoms. The Morgan fingerprint density at radius 3 is 2.82 bits per heavy atom. The molecule has 0 saturated carbocycles. The summed E-state index contributed by atoms with van der Waals surface area (Å²) in [7, 11) is 1.58. The molecule has 1 aromatic carbocycles. The highest BCUT2D eigenvalue weighted by molar-refractivity contribution is 6.04. The molecule has 0 unspecified atom stereocenters. The zero-order chi connectivity index (χ0) is 12.3. The van der Waals surface area contributed by atoms with Crippen LogP contribution in [-0.2, 0) is 0 Å². The molecule has 0 bridgehead atoms. The molecule has 1 heterocycles. The molecule has 1 N–H and O–H groups in total. The van der Waals surface area contributed by atoms with Crippen molar-refractivity contribution in [3.63, 3.8) is 0 Å². The van der Waals surface area contributed by atoms with Crippen molar-refractivity contribution in [2.24, 2.45) is 0 Å². The van der Waals surface area contributed by atoms with Crippen molar-refractivity contribution in [2.45, 2.75) is 6.92 Å². The van der Waals surface area contributed by atoms with Gasteiger partial charge in [-0.15, -0.1) is 0 Å². The number of anilines is 1. The number of rotatable bonds is 3. The number of furan rings is 1. The number of ether oxygens (including phenoxy) is 1. The van der Waals surface area contributed by atoms with Crippen LogP contribution in [0.1, 0.15) is 16.1 Å². The summed E-state index contributed by atoms with van der Waals surface area (Å²) in [5, 5.41) is 2.78. The maximum Gasteiger partial charge on any atom is 0.259 e. The van der Waals surface area contributed by atoms with Gasteiger partial charge in [0.25, 0.3) is 5.91 Å².